The average molecular weight is 614 g/mol. The molecule has 1 aliphatic heterocycles. The van der Waals surface area contributed by atoms with Gasteiger partial charge in [-0.25, -0.2) is 4.39 Å². The maximum absolute atomic E-state index is 13.7. The van der Waals surface area contributed by atoms with E-state index in [0.717, 1.165) is 11.1 Å². The van der Waals surface area contributed by atoms with Crippen LogP contribution in [0.2, 0.25) is 0 Å². The highest BCUT2D eigenvalue weighted by Crippen LogP contribution is 2.40. The highest BCUT2D eigenvalue weighted by Gasteiger charge is 2.38. The van der Waals surface area contributed by atoms with Gasteiger partial charge < -0.3 is 14.6 Å². The van der Waals surface area contributed by atoms with Gasteiger partial charge in [-0.1, -0.05) is 42.5 Å². The Balaban J connectivity index is 1.40. The first-order valence-electron chi connectivity index (χ1n) is 14.1. The summed E-state index contributed by atoms with van der Waals surface area (Å²) in [5, 5.41) is 13.5. The van der Waals surface area contributed by atoms with Gasteiger partial charge in [0.2, 0.25) is 0 Å². The smallest absolute Gasteiger partial charge is 0.379 e. The summed E-state index contributed by atoms with van der Waals surface area (Å²) in [4.78, 5) is 0. The first-order chi connectivity index (χ1) is 20.4. The lowest BCUT2D eigenvalue weighted by Gasteiger charge is -2.38. The van der Waals surface area contributed by atoms with E-state index in [0.29, 0.717) is 51.0 Å². The van der Waals surface area contributed by atoms with E-state index in [1.165, 1.54) is 12.1 Å². The molecule has 3 aromatic carbocycles. The van der Waals surface area contributed by atoms with Crippen LogP contribution in [0.3, 0.4) is 0 Å². The SMILES string of the molecule is OC(CCCC1CCOC(OCCc2cc(C(F)(F)F)cc(C(F)(F)F)c2)C1c1ccc(F)cc1)NCc1ccccc1. The molecule has 43 heavy (non-hydrogen) atoms. The predicted octanol–water partition coefficient (Wildman–Crippen LogP) is 7.85. The largest absolute Gasteiger partial charge is 0.416 e. The van der Waals surface area contributed by atoms with Crippen LogP contribution in [0.4, 0.5) is 30.7 Å². The molecule has 4 rings (SSSR count). The molecule has 4 unspecified atom stereocenters. The van der Waals surface area contributed by atoms with Crippen molar-refractivity contribution in [2.75, 3.05) is 13.2 Å². The lowest BCUT2D eigenvalue weighted by atomic mass is 9.79. The van der Waals surface area contributed by atoms with E-state index in [-0.39, 0.29) is 36.5 Å². The molecule has 0 aromatic heterocycles. The third kappa shape index (κ3) is 9.76. The second kappa shape index (κ2) is 14.7. The van der Waals surface area contributed by atoms with Gasteiger partial charge in [0.05, 0.1) is 24.3 Å². The normalized spacial score (nSPS) is 20.2. The van der Waals surface area contributed by atoms with Gasteiger partial charge in [-0.05, 0) is 85.0 Å². The number of hydrogen-bond acceptors (Lipinski definition) is 4. The summed E-state index contributed by atoms with van der Waals surface area (Å²) >= 11 is 0. The summed E-state index contributed by atoms with van der Waals surface area (Å²) < 4.78 is 105. The van der Waals surface area contributed by atoms with Crippen LogP contribution in [0, 0.1) is 11.7 Å². The number of alkyl halides is 6. The fourth-order valence-electron chi connectivity index (χ4n) is 5.39. The zero-order valence-corrected chi connectivity index (χ0v) is 23.3. The summed E-state index contributed by atoms with van der Waals surface area (Å²) in [5.74, 6) is -0.751. The number of aliphatic hydroxyl groups excluding tert-OH is 1. The van der Waals surface area contributed by atoms with Gasteiger partial charge >= 0.3 is 12.4 Å². The van der Waals surface area contributed by atoms with Crippen LogP contribution in [-0.4, -0.2) is 30.8 Å². The Hall–Kier alpha value is -2.99. The number of halogens is 7. The maximum atomic E-state index is 13.7. The van der Waals surface area contributed by atoms with Gasteiger partial charge in [0.15, 0.2) is 6.29 Å². The Morgan fingerprint density at radius 1 is 0.884 bits per heavy atom. The molecule has 234 valence electrons. The second-order valence-corrected chi connectivity index (χ2v) is 10.7. The monoisotopic (exact) mass is 613 g/mol. The van der Waals surface area contributed by atoms with Gasteiger partial charge in [-0.15, -0.1) is 0 Å². The van der Waals surface area contributed by atoms with E-state index in [2.05, 4.69) is 5.32 Å². The van der Waals surface area contributed by atoms with Crippen molar-refractivity contribution in [3.8, 4) is 0 Å². The van der Waals surface area contributed by atoms with Crippen molar-refractivity contribution < 1.29 is 45.3 Å². The van der Waals surface area contributed by atoms with Crippen molar-refractivity contribution in [1.29, 1.82) is 0 Å². The van der Waals surface area contributed by atoms with Crippen LogP contribution in [0.5, 0.6) is 0 Å². The number of benzene rings is 3. The van der Waals surface area contributed by atoms with Crippen molar-refractivity contribution in [3.63, 3.8) is 0 Å². The maximum Gasteiger partial charge on any atom is 0.416 e. The minimum atomic E-state index is -4.94. The quantitative estimate of drug-likeness (QED) is 0.161. The highest BCUT2D eigenvalue weighted by molar-refractivity contribution is 5.34. The Morgan fingerprint density at radius 3 is 2.16 bits per heavy atom. The van der Waals surface area contributed by atoms with Crippen molar-refractivity contribution in [2.45, 2.75) is 69.4 Å². The molecule has 1 fully saturated rings. The molecule has 0 radical (unpaired) electrons. The topological polar surface area (TPSA) is 50.7 Å². The van der Waals surface area contributed by atoms with E-state index >= 15 is 0 Å². The Labute approximate surface area is 245 Å². The highest BCUT2D eigenvalue weighted by atomic mass is 19.4. The summed E-state index contributed by atoms with van der Waals surface area (Å²) in [6.07, 6.45) is -9.11. The van der Waals surface area contributed by atoms with Gasteiger partial charge in [0.25, 0.3) is 0 Å². The molecule has 1 saturated heterocycles. The van der Waals surface area contributed by atoms with Crippen LogP contribution in [0.25, 0.3) is 0 Å². The zero-order valence-electron chi connectivity index (χ0n) is 23.3. The van der Waals surface area contributed by atoms with Crippen LogP contribution < -0.4 is 5.32 Å². The predicted molar refractivity (Wildman–Crippen MR) is 146 cm³/mol. The molecule has 4 atom stereocenters. The Kier molecular flexibility index (Phi) is 11.2. The molecular formula is C32H34F7NO3. The molecule has 0 saturated carbocycles. The molecule has 0 aliphatic carbocycles. The first kappa shape index (κ1) is 32.9. The summed E-state index contributed by atoms with van der Waals surface area (Å²) in [6.45, 7) is 0.670. The number of nitrogens with one attached hydrogen (secondary N) is 1. The van der Waals surface area contributed by atoms with Gasteiger partial charge in [-0.2, -0.15) is 26.3 Å². The van der Waals surface area contributed by atoms with E-state index in [4.69, 9.17) is 9.47 Å². The molecule has 1 heterocycles. The second-order valence-electron chi connectivity index (χ2n) is 10.7. The van der Waals surface area contributed by atoms with E-state index in [1.54, 1.807) is 12.1 Å². The Morgan fingerprint density at radius 2 is 1.53 bits per heavy atom. The van der Waals surface area contributed by atoms with Crippen LogP contribution in [0.15, 0.2) is 72.8 Å². The molecular weight excluding hydrogens is 579 g/mol. The molecule has 3 aromatic rings. The van der Waals surface area contributed by atoms with Crippen LogP contribution in [-0.2, 0) is 34.8 Å². The standard InChI is InChI=1S/C32H34F7NO3/c33-27-11-9-24(10-12-27)29-23(7-4-8-28(41)40-20-21-5-2-1-3-6-21)14-16-43-30(29)42-15-13-22-17-25(31(34,35)36)19-26(18-22)32(37,38)39/h1-3,5-6,9-12,17-19,23,28-30,40-41H,4,7-8,13-16,20H2. The number of aliphatic hydroxyl groups is 1. The fraction of sp³-hybridized carbons (Fsp3) is 0.438. The van der Waals surface area contributed by atoms with E-state index in [1.807, 2.05) is 30.3 Å². The first-order valence-corrected chi connectivity index (χ1v) is 14.1. The third-order valence-corrected chi connectivity index (χ3v) is 7.58. The lowest BCUT2D eigenvalue weighted by Crippen LogP contribution is -2.37. The summed E-state index contributed by atoms with van der Waals surface area (Å²) in [7, 11) is 0. The lowest BCUT2D eigenvalue weighted by molar-refractivity contribution is -0.188. The number of rotatable bonds is 12. The third-order valence-electron chi connectivity index (χ3n) is 7.58. The molecule has 0 amide bonds. The van der Waals surface area contributed by atoms with Crippen molar-refractivity contribution in [3.05, 3.63) is 106 Å². The Bertz CT molecular complexity index is 1250. The summed E-state index contributed by atoms with van der Waals surface area (Å²) in [5.41, 5.74) is -1.13. The van der Waals surface area contributed by atoms with E-state index < -0.39 is 41.8 Å². The van der Waals surface area contributed by atoms with Crippen LogP contribution >= 0.6 is 0 Å². The van der Waals surface area contributed by atoms with Crippen molar-refractivity contribution in [2.24, 2.45) is 5.92 Å². The number of hydrogen-bond donors (Lipinski definition) is 2. The van der Waals surface area contributed by atoms with Crippen molar-refractivity contribution in [1.82, 2.24) is 5.32 Å². The van der Waals surface area contributed by atoms with Gasteiger partial charge in [0.1, 0.15) is 12.0 Å². The minimum Gasteiger partial charge on any atom is -0.379 e. The summed E-state index contributed by atoms with van der Waals surface area (Å²) in [6, 6.07) is 17.0. The van der Waals surface area contributed by atoms with E-state index in [9.17, 15) is 35.8 Å². The van der Waals surface area contributed by atoms with Gasteiger partial charge in [0, 0.05) is 12.5 Å². The molecule has 0 bridgehead atoms. The molecule has 1 aliphatic rings. The molecule has 11 heteroatoms. The van der Waals surface area contributed by atoms with Crippen LogP contribution in [0.1, 0.15) is 59.4 Å². The molecule has 0 spiro atoms. The number of ether oxygens (including phenoxy) is 2. The van der Waals surface area contributed by atoms with Crippen molar-refractivity contribution >= 4 is 0 Å². The average Bonchev–Trinajstić information content (AvgIpc) is 2.96. The zero-order chi connectivity index (χ0) is 31.0. The van der Waals surface area contributed by atoms with Gasteiger partial charge in [-0.3, -0.25) is 5.32 Å². The molecule has 2 N–H and O–H groups in total. The fourth-order valence-corrected chi connectivity index (χ4v) is 5.39. The minimum absolute atomic E-state index is 0.0240. The molecule has 4 nitrogen and oxygen atoms in total.